The van der Waals surface area contributed by atoms with Crippen molar-refractivity contribution < 1.29 is 45.2 Å². The van der Waals surface area contributed by atoms with Crippen LogP contribution in [-0.2, 0) is 29.5 Å². The SMILES string of the molecule is Cc1ccc(C(C)C)cc1.Cc1ccc(S(=O)(=O)[N-]C(c2ccccc2)C([NH-])c2ccccc2)cc1.F[B-](F)(F)F.[Ru+3]. The van der Waals surface area contributed by atoms with Crippen LogP contribution in [0.15, 0.2) is 114 Å². The molecule has 11 heteroatoms. The first kappa shape index (κ1) is 37.2. The minimum atomic E-state index is -6.00. The number of hydrogen-bond donors (Lipinski definition) is 0. The van der Waals surface area contributed by atoms with E-state index in [0.717, 1.165) is 11.1 Å². The molecule has 4 aromatic rings. The zero-order valence-corrected chi connectivity index (χ0v) is 26.3. The number of nitrogens with zero attached hydrogens (tertiary/aromatic N) is 1. The molecule has 4 rings (SSSR count). The van der Waals surface area contributed by atoms with Gasteiger partial charge in [0.1, 0.15) is 10.0 Å². The fourth-order valence-electron chi connectivity index (χ4n) is 3.68. The summed E-state index contributed by atoms with van der Waals surface area (Å²) in [7, 11) is -9.87. The Labute approximate surface area is 259 Å². The van der Waals surface area contributed by atoms with E-state index in [4.69, 9.17) is 5.73 Å². The maximum Gasteiger partial charge on any atom is 3.00 e. The number of benzene rings is 4. The molecule has 0 amide bonds. The van der Waals surface area contributed by atoms with Gasteiger partial charge in [0, 0.05) is 4.90 Å². The molecular formula is C31H34BF4N2O2RuS. The van der Waals surface area contributed by atoms with E-state index in [1.165, 1.54) is 11.1 Å². The third-order valence-electron chi connectivity index (χ3n) is 5.93. The normalized spacial score (nSPS) is 12.5. The van der Waals surface area contributed by atoms with Crippen molar-refractivity contribution in [2.45, 2.75) is 50.6 Å². The predicted octanol–water partition coefficient (Wildman–Crippen LogP) is 10.0. The van der Waals surface area contributed by atoms with Crippen molar-refractivity contribution in [2.75, 3.05) is 0 Å². The molecule has 0 aliphatic heterocycles. The van der Waals surface area contributed by atoms with Gasteiger partial charge in [0.2, 0.25) is 0 Å². The van der Waals surface area contributed by atoms with Gasteiger partial charge in [-0.15, -0.1) is 12.1 Å². The van der Waals surface area contributed by atoms with Crippen LogP contribution >= 0.6 is 0 Å². The van der Waals surface area contributed by atoms with E-state index in [-0.39, 0.29) is 24.4 Å². The Bertz CT molecular complexity index is 1420. The van der Waals surface area contributed by atoms with Gasteiger partial charge in [0.15, 0.2) is 0 Å². The molecule has 225 valence electrons. The first-order valence-corrected chi connectivity index (χ1v) is 14.4. The largest absolute Gasteiger partial charge is 3.00 e. The summed E-state index contributed by atoms with van der Waals surface area (Å²) in [4.78, 5) is 0.143. The molecule has 0 aromatic heterocycles. The van der Waals surface area contributed by atoms with Crippen molar-refractivity contribution in [3.05, 3.63) is 147 Å². The first-order valence-electron chi connectivity index (χ1n) is 13.0. The fourth-order valence-corrected chi connectivity index (χ4v) is 4.82. The van der Waals surface area contributed by atoms with Crippen molar-refractivity contribution >= 4 is 17.3 Å². The van der Waals surface area contributed by atoms with Crippen LogP contribution in [0.25, 0.3) is 10.5 Å². The number of nitrogens with one attached hydrogen (secondary N) is 1. The number of rotatable bonds is 7. The second-order valence-electron chi connectivity index (χ2n) is 9.70. The van der Waals surface area contributed by atoms with E-state index in [0.29, 0.717) is 11.5 Å². The van der Waals surface area contributed by atoms with Crippen molar-refractivity contribution in [1.29, 1.82) is 0 Å². The molecule has 0 bridgehead atoms. The maximum absolute atomic E-state index is 12.8. The maximum atomic E-state index is 12.8. The molecule has 0 fully saturated rings. The second-order valence-corrected chi connectivity index (χ2v) is 11.3. The summed E-state index contributed by atoms with van der Waals surface area (Å²) in [5.74, 6) is 0.653. The molecule has 1 radical (unpaired) electrons. The Balaban J connectivity index is 0.000000456. The van der Waals surface area contributed by atoms with Crippen LogP contribution in [0.5, 0.6) is 0 Å². The van der Waals surface area contributed by atoms with E-state index >= 15 is 0 Å². The Hall–Kier alpha value is -2.84. The van der Waals surface area contributed by atoms with Gasteiger partial charge in [-0.1, -0.05) is 133 Å². The van der Waals surface area contributed by atoms with Crippen molar-refractivity contribution in [3.63, 3.8) is 0 Å². The van der Waals surface area contributed by atoms with Crippen LogP contribution < -0.4 is 0 Å². The molecular weight excluding hydrogens is 652 g/mol. The van der Waals surface area contributed by atoms with Crippen molar-refractivity contribution in [2.24, 2.45) is 0 Å². The molecule has 42 heavy (non-hydrogen) atoms. The topological polar surface area (TPSA) is 72.0 Å². The summed E-state index contributed by atoms with van der Waals surface area (Å²) >= 11 is 0. The first-order chi connectivity index (χ1) is 19.2. The molecule has 2 atom stereocenters. The van der Waals surface area contributed by atoms with Crippen LogP contribution in [0, 0.1) is 13.8 Å². The van der Waals surface area contributed by atoms with Crippen molar-refractivity contribution in [1.82, 2.24) is 0 Å². The third-order valence-corrected chi connectivity index (χ3v) is 7.30. The van der Waals surface area contributed by atoms with Crippen LogP contribution in [0.4, 0.5) is 17.3 Å². The van der Waals surface area contributed by atoms with Gasteiger partial charge in [-0.2, -0.15) is 0 Å². The zero-order valence-electron chi connectivity index (χ0n) is 23.7. The third kappa shape index (κ3) is 13.4. The van der Waals surface area contributed by atoms with Crippen LogP contribution in [0.1, 0.15) is 59.7 Å². The van der Waals surface area contributed by atoms with E-state index in [9.17, 15) is 25.7 Å². The monoisotopic (exact) mass is 687 g/mol. The van der Waals surface area contributed by atoms with E-state index < -0.39 is 29.4 Å². The summed E-state index contributed by atoms with van der Waals surface area (Å²) < 4.78 is 68.8. The van der Waals surface area contributed by atoms with Gasteiger partial charge in [0.25, 0.3) is 0 Å². The second kappa shape index (κ2) is 17.3. The number of hydrogen-bond acceptors (Lipinski definition) is 2. The summed E-state index contributed by atoms with van der Waals surface area (Å²) in [5.41, 5.74) is 13.8. The van der Waals surface area contributed by atoms with Crippen molar-refractivity contribution in [3.8, 4) is 0 Å². The molecule has 4 nitrogen and oxygen atoms in total. The molecule has 1 N–H and O–H groups in total. The van der Waals surface area contributed by atoms with E-state index in [1.807, 2.05) is 67.6 Å². The average Bonchev–Trinajstić information content (AvgIpc) is 2.92. The number of aryl methyl sites for hydroxylation is 2. The molecule has 4 aromatic carbocycles. The predicted molar refractivity (Wildman–Crippen MR) is 160 cm³/mol. The molecule has 2 unspecified atom stereocenters. The molecule has 0 heterocycles. The number of sulfonamides is 1. The minimum absolute atomic E-state index is 0. The van der Waals surface area contributed by atoms with E-state index in [1.54, 1.807) is 24.3 Å². The van der Waals surface area contributed by atoms with Gasteiger partial charge in [-0.05, 0) is 37.5 Å². The molecule has 0 aliphatic rings. The summed E-state index contributed by atoms with van der Waals surface area (Å²) in [6.07, 6.45) is 0. The smallest absolute Gasteiger partial charge is 0.672 e. The summed E-state index contributed by atoms with van der Waals surface area (Å²) in [5, 5.41) is 0. The number of halogens is 4. The average molecular weight is 687 g/mol. The molecule has 0 aliphatic carbocycles. The zero-order chi connectivity index (χ0) is 30.6. The molecule has 0 saturated carbocycles. The van der Waals surface area contributed by atoms with Crippen LogP contribution in [0.2, 0.25) is 0 Å². The minimum Gasteiger partial charge on any atom is -0.672 e. The van der Waals surface area contributed by atoms with Gasteiger partial charge in [-0.25, -0.2) is 8.42 Å². The van der Waals surface area contributed by atoms with Crippen LogP contribution in [0.3, 0.4) is 0 Å². The van der Waals surface area contributed by atoms with Gasteiger partial charge < -0.3 is 27.7 Å². The Kier molecular flexibility index (Phi) is 15.3. The molecule has 0 saturated heterocycles. The van der Waals surface area contributed by atoms with Crippen LogP contribution in [-0.4, -0.2) is 15.7 Å². The molecule has 0 spiro atoms. The summed E-state index contributed by atoms with van der Waals surface area (Å²) in [6.45, 7) is 8.44. The van der Waals surface area contributed by atoms with E-state index in [2.05, 4.69) is 49.8 Å². The van der Waals surface area contributed by atoms with Gasteiger partial charge in [0.05, 0.1) is 0 Å². The Morgan fingerprint density at radius 3 is 1.43 bits per heavy atom. The Morgan fingerprint density at radius 1 is 0.643 bits per heavy atom. The summed E-state index contributed by atoms with van der Waals surface area (Å²) in [6, 6.07) is 32.0. The van der Waals surface area contributed by atoms with Gasteiger partial charge in [-0.3, -0.25) is 0 Å². The quantitative estimate of drug-likeness (QED) is 0.143. The fraction of sp³-hybridized carbons (Fsp3) is 0.226. The Morgan fingerprint density at radius 2 is 1.02 bits per heavy atom. The van der Waals surface area contributed by atoms with Gasteiger partial charge >= 0.3 is 26.7 Å². The standard InChI is InChI=1S/C21H20N2O2S.C10H14.BF4.Ru/c1-16-12-14-19(15-13-16)26(24,25)23-21(18-10-6-3-7-11-18)20(22)17-8-4-2-5-9-17;1-8(2)10-6-4-9(3)5-7-10;2-1(3,4)5;/h2-15,20-22H,1H3;4-8H,1-3H3;;/q-2;;-1;+3.